The molecule has 0 unspecified atom stereocenters. The molecule has 0 saturated heterocycles. The second-order valence-electron chi connectivity index (χ2n) is 3.08. The quantitative estimate of drug-likeness (QED) is 0.547. The SMILES string of the molecule is ClC1(Cl)C(Cl)(Cl)C12CCC2. The third-order valence-electron chi connectivity index (χ3n) is 2.74. The zero-order valence-electron chi connectivity index (χ0n) is 5.13. The standard InChI is InChI=1S/C6H6Cl4/c7-5(8)4(2-1-3-4)6(5,9)10/h1-3H2. The summed E-state index contributed by atoms with van der Waals surface area (Å²) in [6.07, 6.45) is 3.07. The molecule has 0 amide bonds. The molecule has 0 N–H and O–H groups in total. The van der Waals surface area contributed by atoms with Crippen LogP contribution in [0.5, 0.6) is 0 Å². The van der Waals surface area contributed by atoms with E-state index in [1.165, 1.54) is 0 Å². The Labute approximate surface area is 79.8 Å². The molecule has 0 heterocycles. The Bertz CT molecular complexity index is 164. The van der Waals surface area contributed by atoms with Crippen LogP contribution in [-0.4, -0.2) is 8.67 Å². The minimum Gasteiger partial charge on any atom is -0.0975 e. The molecule has 2 fully saturated rings. The highest BCUT2D eigenvalue weighted by Gasteiger charge is 2.87. The lowest BCUT2D eigenvalue weighted by Crippen LogP contribution is -2.20. The molecule has 1 spiro atoms. The molecule has 58 valence electrons. The molecule has 2 saturated carbocycles. The molecule has 0 nitrogen and oxygen atoms in total. The summed E-state index contributed by atoms with van der Waals surface area (Å²) in [5.74, 6) is 0. The van der Waals surface area contributed by atoms with Gasteiger partial charge in [-0.3, -0.25) is 0 Å². The summed E-state index contributed by atoms with van der Waals surface area (Å²) in [6.45, 7) is 0. The highest BCUT2D eigenvalue weighted by atomic mass is 35.5. The van der Waals surface area contributed by atoms with Crippen LogP contribution >= 0.6 is 46.4 Å². The molecule has 0 aliphatic heterocycles. The van der Waals surface area contributed by atoms with Crippen molar-refractivity contribution in [2.45, 2.75) is 27.9 Å². The molecule has 0 radical (unpaired) electrons. The molecule has 2 aliphatic carbocycles. The van der Waals surface area contributed by atoms with E-state index in [2.05, 4.69) is 0 Å². The molecule has 2 rings (SSSR count). The van der Waals surface area contributed by atoms with Gasteiger partial charge in [0.1, 0.15) is 0 Å². The predicted molar refractivity (Wildman–Crippen MR) is 45.2 cm³/mol. The Morgan fingerprint density at radius 3 is 1.20 bits per heavy atom. The second-order valence-corrected chi connectivity index (χ2v) is 5.74. The predicted octanol–water partition coefficient (Wildman–Crippen LogP) is 3.52. The van der Waals surface area contributed by atoms with Crippen molar-refractivity contribution in [1.29, 1.82) is 0 Å². The monoisotopic (exact) mass is 218 g/mol. The number of rotatable bonds is 0. The topological polar surface area (TPSA) is 0 Å². The average molecular weight is 220 g/mol. The molecule has 0 atom stereocenters. The van der Waals surface area contributed by atoms with Crippen molar-refractivity contribution in [3.63, 3.8) is 0 Å². The fraction of sp³-hybridized carbons (Fsp3) is 1.00. The number of hydrogen-bond donors (Lipinski definition) is 0. The maximum absolute atomic E-state index is 5.89. The second kappa shape index (κ2) is 1.74. The minimum absolute atomic E-state index is 0.174. The van der Waals surface area contributed by atoms with E-state index in [9.17, 15) is 0 Å². The van der Waals surface area contributed by atoms with Crippen molar-refractivity contribution in [3.05, 3.63) is 0 Å². The number of hydrogen-bond acceptors (Lipinski definition) is 0. The Morgan fingerprint density at radius 2 is 1.20 bits per heavy atom. The van der Waals surface area contributed by atoms with Crippen LogP contribution in [0.3, 0.4) is 0 Å². The summed E-state index contributed by atoms with van der Waals surface area (Å²) in [6, 6.07) is 0. The Morgan fingerprint density at radius 1 is 0.800 bits per heavy atom. The van der Waals surface area contributed by atoms with Crippen molar-refractivity contribution in [2.24, 2.45) is 5.41 Å². The van der Waals surface area contributed by atoms with Crippen LogP contribution in [0.4, 0.5) is 0 Å². The maximum Gasteiger partial charge on any atom is 0.160 e. The third kappa shape index (κ3) is 0.523. The van der Waals surface area contributed by atoms with Crippen LogP contribution in [0, 0.1) is 5.41 Å². The van der Waals surface area contributed by atoms with Crippen molar-refractivity contribution in [1.82, 2.24) is 0 Å². The molecule has 0 aromatic carbocycles. The van der Waals surface area contributed by atoms with Gasteiger partial charge < -0.3 is 0 Å². The van der Waals surface area contributed by atoms with Gasteiger partial charge in [-0.15, -0.1) is 0 Å². The largest absolute Gasteiger partial charge is 0.160 e. The molecule has 0 bridgehead atoms. The molecule has 10 heavy (non-hydrogen) atoms. The van der Waals surface area contributed by atoms with Gasteiger partial charge in [0.15, 0.2) is 8.67 Å². The fourth-order valence-corrected chi connectivity index (χ4v) is 3.73. The van der Waals surface area contributed by atoms with Gasteiger partial charge >= 0.3 is 0 Å². The Kier molecular flexibility index (Phi) is 1.35. The van der Waals surface area contributed by atoms with E-state index in [4.69, 9.17) is 46.4 Å². The summed E-state index contributed by atoms with van der Waals surface area (Å²) in [5.41, 5.74) is -0.174. The van der Waals surface area contributed by atoms with E-state index >= 15 is 0 Å². The van der Waals surface area contributed by atoms with Gasteiger partial charge in [0.2, 0.25) is 0 Å². The van der Waals surface area contributed by atoms with Crippen LogP contribution in [0.15, 0.2) is 0 Å². The lowest BCUT2D eigenvalue weighted by molar-refractivity contribution is 0.279. The number of halogens is 4. The smallest absolute Gasteiger partial charge is 0.0975 e. The van der Waals surface area contributed by atoms with Crippen molar-refractivity contribution in [2.75, 3.05) is 0 Å². The van der Waals surface area contributed by atoms with Gasteiger partial charge in [0, 0.05) is 5.41 Å². The van der Waals surface area contributed by atoms with E-state index in [0.29, 0.717) is 0 Å². The summed E-state index contributed by atoms with van der Waals surface area (Å²) in [7, 11) is 0. The third-order valence-corrected chi connectivity index (χ3v) is 5.71. The van der Waals surface area contributed by atoms with Gasteiger partial charge in [0.05, 0.1) is 0 Å². The molecule has 0 aromatic rings. The lowest BCUT2D eigenvalue weighted by atomic mass is 9.82. The first-order valence-corrected chi connectivity index (χ1v) is 4.72. The van der Waals surface area contributed by atoms with Crippen LogP contribution in [0.2, 0.25) is 0 Å². The molecule has 2 aliphatic rings. The number of alkyl halides is 4. The fourth-order valence-electron chi connectivity index (χ4n) is 1.68. The maximum atomic E-state index is 5.89. The summed E-state index contributed by atoms with van der Waals surface area (Å²) >= 11 is 23.6. The van der Waals surface area contributed by atoms with E-state index < -0.39 is 8.67 Å². The van der Waals surface area contributed by atoms with E-state index in [1.807, 2.05) is 0 Å². The van der Waals surface area contributed by atoms with Gasteiger partial charge in [-0.1, -0.05) is 52.8 Å². The summed E-state index contributed by atoms with van der Waals surface area (Å²) in [5, 5.41) is 0. The molecule has 0 aromatic heterocycles. The van der Waals surface area contributed by atoms with Crippen LogP contribution in [-0.2, 0) is 0 Å². The van der Waals surface area contributed by atoms with Crippen LogP contribution in [0.25, 0.3) is 0 Å². The van der Waals surface area contributed by atoms with Crippen LogP contribution in [0.1, 0.15) is 19.3 Å². The Balaban J connectivity index is 2.30. The first-order chi connectivity index (χ1) is 4.46. The van der Waals surface area contributed by atoms with Gasteiger partial charge in [-0.25, -0.2) is 0 Å². The van der Waals surface area contributed by atoms with Crippen molar-refractivity contribution >= 4 is 46.4 Å². The average Bonchev–Trinajstić information content (AvgIpc) is 1.91. The van der Waals surface area contributed by atoms with Crippen molar-refractivity contribution < 1.29 is 0 Å². The first-order valence-electron chi connectivity index (χ1n) is 3.21. The molecular formula is C6H6Cl4. The first kappa shape index (κ1) is 7.79. The van der Waals surface area contributed by atoms with Gasteiger partial charge in [0.25, 0.3) is 0 Å². The lowest BCUT2D eigenvalue weighted by Gasteiger charge is -2.27. The highest BCUT2D eigenvalue weighted by molar-refractivity contribution is 6.69. The molecular weight excluding hydrogens is 214 g/mol. The highest BCUT2D eigenvalue weighted by Crippen LogP contribution is 2.84. The van der Waals surface area contributed by atoms with Gasteiger partial charge in [-0.2, -0.15) is 0 Å². The van der Waals surface area contributed by atoms with Gasteiger partial charge in [-0.05, 0) is 12.8 Å². The zero-order valence-corrected chi connectivity index (χ0v) is 8.16. The van der Waals surface area contributed by atoms with E-state index in [1.54, 1.807) is 0 Å². The minimum atomic E-state index is -0.888. The summed E-state index contributed by atoms with van der Waals surface area (Å²) < 4.78 is -1.78. The van der Waals surface area contributed by atoms with E-state index in [-0.39, 0.29) is 5.41 Å². The molecule has 4 heteroatoms. The van der Waals surface area contributed by atoms with Crippen LogP contribution < -0.4 is 0 Å². The Hall–Kier alpha value is 1.16. The van der Waals surface area contributed by atoms with Crippen molar-refractivity contribution in [3.8, 4) is 0 Å². The van der Waals surface area contributed by atoms with E-state index in [0.717, 1.165) is 19.3 Å². The normalized spacial score (nSPS) is 37.2. The zero-order chi connectivity index (χ0) is 7.62. The summed E-state index contributed by atoms with van der Waals surface area (Å²) in [4.78, 5) is 0.